The van der Waals surface area contributed by atoms with Gasteiger partial charge in [0.1, 0.15) is 6.10 Å². The van der Waals surface area contributed by atoms with Crippen molar-refractivity contribution < 1.29 is 14.3 Å². The highest BCUT2D eigenvalue weighted by atomic mass is 16.6. The van der Waals surface area contributed by atoms with Gasteiger partial charge in [0.15, 0.2) is 0 Å². The van der Waals surface area contributed by atoms with E-state index in [2.05, 4.69) is 27.7 Å². The molecule has 0 aromatic carbocycles. The molecule has 2 heterocycles. The standard InChI is InChI=1S/C17H28O3/c1-10-6-7-13-12(10)8-14-15(19-11(2)18)9-17(13,5)20-16(14,3)4/h10,12-15H,6-9H2,1-5H3. The third-order valence-electron chi connectivity index (χ3n) is 6.25. The second-order valence-electron chi connectivity index (χ2n) is 8.04. The van der Waals surface area contributed by atoms with E-state index in [0.717, 1.165) is 24.7 Å². The van der Waals surface area contributed by atoms with Crippen molar-refractivity contribution in [1.29, 1.82) is 0 Å². The molecule has 20 heavy (non-hydrogen) atoms. The van der Waals surface area contributed by atoms with Gasteiger partial charge in [-0.25, -0.2) is 0 Å². The molecule has 4 rings (SSSR count). The number of rotatable bonds is 1. The maximum Gasteiger partial charge on any atom is 0.302 e. The molecule has 0 aromatic rings. The van der Waals surface area contributed by atoms with Crippen molar-refractivity contribution in [3.8, 4) is 0 Å². The Kier molecular flexibility index (Phi) is 3.20. The number of esters is 1. The maximum atomic E-state index is 11.5. The summed E-state index contributed by atoms with van der Waals surface area (Å²) in [5.41, 5.74) is -0.330. The normalized spacial score (nSPS) is 49.5. The molecule has 4 aliphatic rings. The van der Waals surface area contributed by atoms with Gasteiger partial charge in [-0.15, -0.1) is 0 Å². The molecule has 0 spiro atoms. The molecule has 6 atom stereocenters. The minimum Gasteiger partial charge on any atom is -0.462 e. The summed E-state index contributed by atoms with van der Waals surface area (Å²) in [7, 11) is 0. The number of carbonyl (C=O) groups excluding carboxylic acids is 1. The van der Waals surface area contributed by atoms with Crippen molar-refractivity contribution in [3.05, 3.63) is 0 Å². The van der Waals surface area contributed by atoms with Gasteiger partial charge in [-0.05, 0) is 51.4 Å². The lowest BCUT2D eigenvalue weighted by atomic mass is 9.76. The smallest absolute Gasteiger partial charge is 0.302 e. The first kappa shape index (κ1) is 14.4. The molecule has 4 fully saturated rings. The van der Waals surface area contributed by atoms with Crippen LogP contribution in [0.3, 0.4) is 0 Å². The van der Waals surface area contributed by atoms with E-state index in [1.807, 2.05) is 0 Å². The number of carbonyl (C=O) groups is 1. The fourth-order valence-corrected chi connectivity index (χ4v) is 5.42. The molecule has 114 valence electrons. The van der Waals surface area contributed by atoms with Crippen LogP contribution in [0, 0.1) is 23.7 Å². The second kappa shape index (κ2) is 4.46. The van der Waals surface area contributed by atoms with Gasteiger partial charge in [-0.2, -0.15) is 0 Å². The largest absolute Gasteiger partial charge is 0.462 e. The fraction of sp³-hybridized carbons (Fsp3) is 0.941. The van der Waals surface area contributed by atoms with Crippen LogP contribution >= 0.6 is 0 Å². The summed E-state index contributed by atoms with van der Waals surface area (Å²) in [6.45, 7) is 10.5. The number of fused-ring (bicyclic) bond motifs is 2. The Morgan fingerprint density at radius 2 is 1.90 bits per heavy atom. The van der Waals surface area contributed by atoms with Crippen LogP contribution < -0.4 is 0 Å². The van der Waals surface area contributed by atoms with E-state index >= 15 is 0 Å². The van der Waals surface area contributed by atoms with Gasteiger partial charge in [-0.3, -0.25) is 4.79 Å². The molecule has 2 aliphatic carbocycles. The van der Waals surface area contributed by atoms with Gasteiger partial charge >= 0.3 is 5.97 Å². The topological polar surface area (TPSA) is 35.5 Å². The van der Waals surface area contributed by atoms with Crippen LogP contribution in [-0.4, -0.2) is 23.3 Å². The predicted octanol–water partition coefficient (Wildman–Crippen LogP) is 3.56. The molecule has 2 saturated heterocycles. The maximum absolute atomic E-state index is 11.5. The van der Waals surface area contributed by atoms with Gasteiger partial charge in [0.05, 0.1) is 11.2 Å². The van der Waals surface area contributed by atoms with Gasteiger partial charge in [-0.1, -0.05) is 13.3 Å². The molecule has 2 saturated carbocycles. The SMILES string of the molecule is CC(=O)OC1CC2(C)OC(C)(C)C1CC1C(C)CCC12. The summed E-state index contributed by atoms with van der Waals surface area (Å²) in [6, 6.07) is 0. The van der Waals surface area contributed by atoms with E-state index in [1.54, 1.807) is 0 Å². The summed E-state index contributed by atoms with van der Waals surface area (Å²) < 4.78 is 12.3. The molecule has 0 radical (unpaired) electrons. The molecular weight excluding hydrogens is 252 g/mol. The number of ether oxygens (including phenoxy) is 2. The van der Waals surface area contributed by atoms with E-state index < -0.39 is 0 Å². The van der Waals surface area contributed by atoms with Gasteiger partial charge in [0.25, 0.3) is 0 Å². The third-order valence-corrected chi connectivity index (χ3v) is 6.25. The number of hydrogen-bond acceptors (Lipinski definition) is 3. The van der Waals surface area contributed by atoms with Gasteiger partial charge in [0.2, 0.25) is 0 Å². The highest BCUT2D eigenvalue weighted by Gasteiger charge is 2.60. The lowest BCUT2D eigenvalue weighted by Gasteiger charge is -2.50. The average Bonchev–Trinajstić information content (AvgIpc) is 2.55. The van der Waals surface area contributed by atoms with Crippen LogP contribution in [0.5, 0.6) is 0 Å². The third kappa shape index (κ3) is 2.09. The van der Waals surface area contributed by atoms with Gasteiger partial charge in [0, 0.05) is 19.3 Å². The second-order valence-corrected chi connectivity index (χ2v) is 8.04. The van der Waals surface area contributed by atoms with Crippen LogP contribution in [0.15, 0.2) is 0 Å². The molecule has 0 N–H and O–H groups in total. The molecule has 2 bridgehead atoms. The van der Waals surface area contributed by atoms with Gasteiger partial charge < -0.3 is 9.47 Å². The van der Waals surface area contributed by atoms with Crippen LogP contribution in [0.25, 0.3) is 0 Å². The van der Waals surface area contributed by atoms with Crippen LogP contribution in [0.2, 0.25) is 0 Å². The predicted molar refractivity (Wildman–Crippen MR) is 77.2 cm³/mol. The lowest BCUT2D eigenvalue weighted by molar-refractivity contribution is -0.236. The molecular formula is C17H28O3. The van der Waals surface area contributed by atoms with Crippen LogP contribution in [0.4, 0.5) is 0 Å². The van der Waals surface area contributed by atoms with Crippen molar-refractivity contribution in [2.45, 2.75) is 77.6 Å². The molecule has 6 unspecified atom stereocenters. The van der Waals surface area contributed by atoms with E-state index in [-0.39, 0.29) is 23.3 Å². The minimum atomic E-state index is -0.197. The first-order valence-electron chi connectivity index (χ1n) is 8.10. The zero-order chi connectivity index (χ0) is 14.7. The first-order valence-corrected chi connectivity index (χ1v) is 8.10. The van der Waals surface area contributed by atoms with E-state index in [9.17, 15) is 4.79 Å². The lowest BCUT2D eigenvalue weighted by Crippen LogP contribution is -2.56. The molecule has 0 amide bonds. The zero-order valence-electron chi connectivity index (χ0n) is 13.4. The monoisotopic (exact) mass is 280 g/mol. The molecule has 3 nitrogen and oxygen atoms in total. The molecule has 0 aromatic heterocycles. The van der Waals surface area contributed by atoms with Crippen molar-refractivity contribution >= 4 is 5.97 Å². The van der Waals surface area contributed by atoms with E-state index in [4.69, 9.17) is 9.47 Å². The molecule has 2 aliphatic heterocycles. The van der Waals surface area contributed by atoms with Crippen LogP contribution in [0.1, 0.15) is 60.3 Å². The zero-order valence-corrected chi connectivity index (χ0v) is 13.4. The Balaban J connectivity index is 1.98. The summed E-state index contributed by atoms with van der Waals surface area (Å²) in [5, 5.41) is 0. The Labute approximate surface area is 122 Å². The van der Waals surface area contributed by atoms with E-state index in [0.29, 0.717) is 11.8 Å². The number of hydrogen-bond donors (Lipinski definition) is 0. The van der Waals surface area contributed by atoms with Crippen molar-refractivity contribution in [2.24, 2.45) is 23.7 Å². The Hall–Kier alpha value is -0.570. The highest BCUT2D eigenvalue weighted by molar-refractivity contribution is 5.66. The quantitative estimate of drug-likeness (QED) is 0.689. The Bertz CT molecular complexity index is 416. The first-order chi connectivity index (χ1) is 9.23. The minimum absolute atomic E-state index is 0.0269. The van der Waals surface area contributed by atoms with Crippen molar-refractivity contribution in [2.75, 3.05) is 0 Å². The summed E-state index contributed by atoms with van der Waals surface area (Å²) in [6.07, 6.45) is 4.62. The highest BCUT2D eigenvalue weighted by Crippen LogP contribution is 2.58. The average molecular weight is 280 g/mol. The summed E-state index contributed by atoms with van der Waals surface area (Å²) >= 11 is 0. The Morgan fingerprint density at radius 3 is 2.55 bits per heavy atom. The molecule has 3 heteroatoms. The summed E-state index contributed by atoms with van der Waals surface area (Å²) in [5.74, 6) is 2.31. The van der Waals surface area contributed by atoms with E-state index in [1.165, 1.54) is 19.8 Å². The fourth-order valence-electron chi connectivity index (χ4n) is 5.42. The Morgan fingerprint density at radius 1 is 1.20 bits per heavy atom. The summed E-state index contributed by atoms with van der Waals surface area (Å²) in [4.78, 5) is 11.5. The van der Waals surface area contributed by atoms with Crippen molar-refractivity contribution in [1.82, 2.24) is 0 Å². The van der Waals surface area contributed by atoms with Crippen molar-refractivity contribution in [3.63, 3.8) is 0 Å². The van der Waals surface area contributed by atoms with Crippen LogP contribution in [-0.2, 0) is 14.3 Å².